The van der Waals surface area contributed by atoms with Crippen molar-refractivity contribution in [3.63, 3.8) is 0 Å². The highest BCUT2D eigenvalue weighted by atomic mass is 32.1. The second-order valence-electron chi connectivity index (χ2n) is 6.76. The number of likely N-dealkylation sites (tertiary alicyclic amines) is 1. The number of aryl methyl sites for hydroxylation is 1. The van der Waals surface area contributed by atoms with E-state index < -0.39 is 0 Å². The van der Waals surface area contributed by atoms with E-state index >= 15 is 0 Å². The number of anilines is 1. The topological polar surface area (TPSA) is 45.2 Å². The average Bonchev–Trinajstić information content (AvgIpc) is 2.96. The molecule has 3 rings (SSSR count). The number of thiazole rings is 1. The number of amides is 1. The Morgan fingerprint density at radius 1 is 1.38 bits per heavy atom. The maximum atomic E-state index is 11.1. The summed E-state index contributed by atoms with van der Waals surface area (Å²) in [5.41, 5.74) is 3.82. The number of nitrogens with zero attached hydrogens (tertiary/aromatic N) is 2. The van der Waals surface area contributed by atoms with Crippen LogP contribution in [0.1, 0.15) is 36.6 Å². The van der Waals surface area contributed by atoms with Crippen molar-refractivity contribution < 1.29 is 4.79 Å². The molecule has 0 radical (unpaired) electrons. The Balaban J connectivity index is 1.54. The maximum absolute atomic E-state index is 11.1. The third-order valence-corrected chi connectivity index (χ3v) is 5.27. The van der Waals surface area contributed by atoms with Crippen molar-refractivity contribution in [2.24, 2.45) is 5.92 Å². The van der Waals surface area contributed by atoms with Crippen molar-refractivity contribution in [3.05, 3.63) is 46.5 Å². The van der Waals surface area contributed by atoms with Crippen molar-refractivity contribution in [2.45, 2.75) is 39.7 Å². The Morgan fingerprint density at radius 3 is 2.92 bits per heavy atom. The molecule has 0 saturated carbocycles. The normalized spacial score (nSPS) is 18.5. The van der Waals surface area contributed by atoms with Gasteiger partial charge in [-0.15, -0.1) is 11.3 Å². The van der Waals surface area contributed by atoms with Crippen LogP contribution in [-0.4, -0.2) is 28.9 Å². The van der Waals surface area contributed by atoms with E-state index in [1.165, 1.54) is 42.2 Å². The van der Waals surface area contributed by atoms with E-state index in [1.54, 1.807) is 0 Å². The van der Waals surface area contributed by atoms with Gasteiger partial charge in [0.05, 0.1) is 5.69 Å². The van der Waals surface area contributed by atoms with Crippen molar-refractivity contribution in [1.29, 1.82) is 0 Å². The van der Waals surface area contributed by atoms with Gasteiger partial charge in [0.1, 0.15) is 0 Å². The van der Waals surface area contributed by atoms with Gasteiger partial charge in [-0.3, -0.25) is 9.69 Å². The van der Waals surface area contributed by atoms with Gasteiger partial charge in [0.2, 0.25) is 5.91 Å². The lowest BCUT2D eigenvalue weighted by Gasteiger charge is -2.32. The molecule has 1 saturated heterocycles. The van der Waals surface area contributed by atoms with Crippen molar-refractivity contribution in [2.75, 3.05) is 18.4 Å². The first-order valence-electron chi connectivity index (χ1n) is 8.58. The highest BCUT2D eigenvalue weighted by molar-refractivity contribution is 7.13. The Morgan fingerprint density at radius 2 is 2.17 bits per heavy atom. The fourth-order valence-electron chi connectivity index (χ4n) is 3.34. The minimum atomic E-state index is -0.0629. The van der Waals surface area contributed by atoms with Gasteiger partial charge in [-0.25, -0.2) is 4.98 Å². The third kappa shape index (κ3) is 4.89. The zero-order chi connectivity index (χ0) is 16.9. The lowest BCUT2D eigenvalue weighted by molar-refractivity contribution is -0.114. The smallest absolute Gasteiger partial charge is 0.223 e. The first-order chi connectivity index (χ1) is 11.6. The largest absolute Gasteiger partial charge is 0.302 e. The third-order valence-electron chi connectivity index (χ3n) is 4.47. The Hall–Kier alpha value is -1.72. The van der Waals surface area contributed by atoms with Gasteiger partial charge in [-0.05, 0) is 44.2 Å². The molecule has 1 aliphatic heterocycles. The summed E-state index contributed by atoms with van der Waals surface area (Å²) in [7, 11) is 0. The first kappa shape index (κ1) is 17.1. The quantitative estimate of drug-likeness (QED) is 0.896. The van der Waals surface area contributed by atoms with Crippen LogP contribution in [0.15, 0.2) is 29.6 Å². The van der Waals surface area contributed by atoms with Crippen LogP contribution in [0.2, 0.25) is 0 Å². The Labute approximate surface area is 147 Å². The summed E-state index contributed by atoms with van der Waals surface area (Å²) < 4.78 is 0. The zero-order valence-electron chi connectivity index (χ0n) is 14.4. The van der Waals surface area contributed by atoms with Crippen LogP contribution >= 0.6 is 11.3 Å². The van der Waals surface area contributed by atoms with E-state index in [4.69, 9.17) is 0 Å². The maximum Gasteiger partial charge on any atom is 0.223 e. The number of hydrogen-bond acceptors (Lipinski definition) is 4. The number of carbonyl (C=O) groups is 1. The number of nitrogens with one attached hydrogen (secondary N) is 1. The van der Waals surface area contributed by atoms with Gasteiger partial charge in [-0.1, -0.05) is 29.8 Å². The minimum absolute atomic E-state index is 0.0629. The first-order valence-corrected chi connectivity index (χ1v) is 9.46. The molecule has 0 bridgehead atoms. The van der Waals surface area contributed by atoms with Crippen LogP contribution in [0, 0.1) is 12.8 Å². The molecule has 1 fully saturated rings. The molecule has 2 aromatic rings. The number of hydrogen-bond donors (Lipinski definition) is 1. The van der Waals surface area contributed by atoms with Gasteiger partial charge < -0.3 is 5.32 Å². The molecule has 1 amide bonds. The van der Waals surface area contributed by atoms with Gasteiger partial charge in [0.15, 0.2) is 5.13 Å². The molecule has 4 nitrogen and oxygen atoms in total. The van der Waals surface area contributed by atoms with E-state index in [2.05, 4.69) is 51.8 Å². The lowest BCUT2D eigenvalue weighted by atomic mass is 9.91. The second-order valence-corrected chi connectivity index (χ2v) is 7.62. The summed E-state index contributed by atoms with van der Waals surface area (Å²) in [5.74, 6) is 0.655. The van der Waals surface area contributed by atoms with Crippen LogP contribution in [0.25, 0.3) is 0 Å². The highest BCUT2D eigenvalue weighted by Crippen LogP contribution is 2.23. The minimum Gasteiger partial charge on any atom is -0.302 e. The predicted octanol–water partition coefficient (Wildman–Crippen LogP) is 3.86. The second kappa shape index (κ2) is 7.90. The summed E-state index contributed by atoms with van der Waals surface area (Å²) >= 11 is 1.50. The molecule has 1 N–H and O–H groups in total. The molecular weight excluding hydrogens is 318 g/mol. The fraction of sp³-hybridized carbons (Fsp3) is 0.474. The van der Waals surface area contributed by atoms with Crippen LogP contribution in [0.3, 0.4) is 0 Å². The molecule has 0 aliphatic carbocycles. The molecular formula is C19H25N3OS. The Kier molecular flexibility index (Phi) is 5.63. The summed E-state index contributed by atoms with van der Waals surface area (Å²) in [4.78, 5) is 18.1. The molecule has 24 heavy (non-hydrogen) atoms. The summed E-state index contributed by atoms with van der Waals surface area (Å²) in [6.07, 6.45) is 3.71. The summed E-state index contributed by atoms with van der Waals surface area (Å²) in [6, 6.07) is 8.92. The van der Waals surface area contributed by atoms with Gasteiger partial charge in [0.25, 0.3) is 0 Å². The Bertz CT molecular complexity index is 680. The van der Waals surface area contributed by atoms with Gasteiger partial charge >= 0.3 is 0 Å². The van der Waals surface area contributed by atoms with Crippen LogP contribution in [0.5, 0.6) is 0 Å². The average molecular weight is 343 g/mol. The molecule has 1 atom stereocenters. The van der Waals surface area contributed by atoms with Crippen LogP contribution in [0.4, 0.5) is 5.13 Å². The summed E-state index contributed by atoms with van der Waals surface area (Å²) in [6.45, 7) is 6.79. The molecule has 1 aromatic heterocycles. The molecule has 128 valence electrons. The van der Waals surface area contributed by atoms with Gasteiger partial charge in [0, 0.05) is 25.4 Å². The van der Waals surface area contributed by atoms with E-state index in [-0.39, 0.29) is 5.91 Å². The number of carbonyl (C=O) groups excluding carboxylic acids is 1. The van der Waals surface area contributed by atoms with Gasteiger partial charge in [-0.2, -0.15) is 0 Å². The molecule has 5 heteroatoms. The highest BCUT2D eigenvalue weighted by Gasteiger charge is 2.21. The monoisotopic (exact) mass is 343 g/mol. The van der Waals surface area contributed by atoms with Crippen LogP contribution in [-0.2, 0) is 17.8 Å². The van der Waals surface area contributed by atoms with E-state index in [1.807, 2.05) is 0 Å². The standard InChI is InChI=1S/C19H25N3OS/c1-14-5-7-16(8-6-14)10-17-4-3-9-22(11-17)12-18-13-24-19(21-18)20-15(2)23/h5-8,13,17H,3-4,9-12H2,1-2H3,(H,20,21,23)/t17-/m1/s1. The van der Waals surface area contributed by atoms with E-state index in [0.29, 0.717) is 5.13 Å². The SMILES string of the molecule is CC(=O)Nc1nc(CN2CCC[C@H](Cc3ccc(C)cc3)C2)cs1. The number of aromatic nitrogens is 1. The van der Waals surface area contributed by atoms with Crippen molar-refractivity contribution in [1.82, 2.24) is 9.88 Å². The fourth-order valence-corrected chi connectivity index (χ4v) is 4.08. The molecule has 1 aromatic carbocycles. The van der Waals surface area contributed by atoms with Crippen LogP contribution < -0.4 is 5.32 Å². The lowest BCUT2D eigenvalue weighted by Crippen LogP contribution is -2.35. The number of benzene rings is 1. The molecule has 0 unspecified atom stereocenters. The number of piperidine rings is 1. The molecule has 2 heterocycles. The predicted molar refractivity (Wildman–Crippen MR) is 99.3 cm³/mol. The number of rotatable bonds is 5. The van der Waals surface area contributed by atoms with Crippen molar-refractivity contribution >= 4 is 22.4 Å². The van der Waals surface area contributed by atoms with E-state index in [9.17, 15) is 4.79 Å². The molecule has 0 spiro atoms. The van der Waals surface area contributed by atoms with E-state index in [0.717, 1.165) is 37.7 Å². The molecule has 1 aliphatic rings. The van der Waals surface area contributed by atoms with Crippen molar-refractivity contribution in [3.8, 4) is 0 Å². The summed E-state index contributed by atoms with van der Waals surface area (Å²) in [5, 5.41) is 5.51. The zero-order valence-corrected chi connectivity index (χ0v) is 15.2.